The molecule has 0 radical (unpaired) electrons. The molecule has 20 heavy (non-hydrogen) atoms. The second kappa shape index (κ2) is 5.43. The van der Waals surface area contributed by atoms with Crippen LogP contribution in [0.5, 0.6) is 0 Å². The molecule has 0 aliphatic rings. The molecular formula is C16H15N3S. The third kappa shape index (κ3) is 2.56. The van der Waals surface area contributed by atoms with Gasteiger partial charge >= 0.3 is 0 Å². The molecule has 0 atom stereocenters. The normalized spacial score (nSPS) is 10.8. The van der Waals surface area contributed by atoms with Crippen LogP contribution in [0.2, 0.25) is 0 Å². The van der Waals surface area contributed by atoms with E-state index < -0.39 is 0 Å². The number of aromatic nitrogens is 2. The molecule has 3 rings (SSSR count). The number of pyridine rings is 1. The Labute approximate surface area is 123 Å². The highest BCUT2D eigenvalue weighted by atomic mass is 32.1. The van der Waals surface area contributed by atoms with Gasteiger partial charge in [-0.3, -0.25) is 4.98 Å². The van der Waals surface area contributed by atoms with E-state index in [-0.39, 0.29) is 0 Å². The maximum atomic E-state index is 5.70. The highest BCUT2D eigenvalue weighted by Gasteiger charge is 2.04. The predicted molar refractivity (Wildman–Crippen MR) is 85.8 cm³/mol. The summed E-state index contributed by atoms with van der Waals surface area (Å²) in [6, 6.07) is 12.3. The average molecular weight is 281 g/mol. The number of fused-ring (bicyclic) bond motifs is 1. The van der Waals surface area contributed by atoms with Gasteiger partial charge in [0.25, 0.3) is 0 Å². The molecule has 2 heterocycles. The maximum Gasteiger partial charge on any atom is 0.104 e. The summed E-state index contributed by atoms with van der Waals surface area (Å²) in [5, 5.41) is 1.21. The SMILES string of the molecule is NC(=S)c1ccc2ccn(CCc3ccncc3)c2c1. The molecule has 0 aliphatic heterocycles. The van der Waals surface area contributed by atoms with E-state index in [1.54, 1.807) is 0 Å². The number of nitrogens with zero attached hydrogens (tertiary/aromatic N) is 2. The summed E-state index contributed by atoms with van der Waals surface area (Å²) >= 11 is 5.05. The van der Waals surface area contributed by atoms with Crippen molar-refractivity contribution in [2.45, 2.75) is 13.0 Å². The highest BCUT2D eigenvalue weighted by molar-refractivity contribution is 7.80. The van der Waals surface area contributed by atoms with Crippen molar-refractivity contribution in [2.75, 3.05) is 0 Å². The molecule has 0 amide bonds. The fourth-order valence-electron chi connectivity index (χ4n) is 2.33. The van der Waals surface area contributed by atoms with Crippen molar-refractivity contribution < 1.29 is 0 Å². The van der Waals surface area contributed by atoms with Crippen molar-refractivity contribution in [1.82, 2.24) is 9.55 Å². The Morgan fingerprint density at radius 3 is 2.70 bits per heavy atom. The van der Waals surface area contributed by atoms with Crippen molar-refractivity contribution in [1.29, 1.82) is 0 Å². The lowest BCUT2D eigenvalue weighted by Gasteiger charge is -2.07. The van der Waals surface area contributed by atoms with Crippen LogP contribution in [0.15, 0.2) is 55.0 Å². The van der Waals surface area contributed by atoms with Gasteiger partial charge in [-0.15, -0.1) is 0 Å². The van der Waals surface area contributed by atoms with Crippen LogP contribution in [0.3, 0.4) is 0 Å². The number of hydrogen-bond acceptors (Lipinski definition) is 2. The number of aryl methyl sites for hydroxylation is 2. The highest BCUT2D eigenvalue weighted by Crippen LogP contribution is 2.18. The number of hydrogen-bond donors (Lipinski definition) is 1. The quantitative estimate of drug-likeness (QED) is 0.748. The van der Waals surface area contributed by atoms with Crippen LogP contribution in [0.4, 0.5) is 0 Å². The second-order valence-corrected chi connectivity index (χ2v) is 5.19. The summed E-state index contributed by atoms with van der Waals surface area (Å²) in [6.07, 6.45) is 6.74. The van der Waals surface area contributed by atoms with Crippen LogP contribution < -0.4 is 5.73 Å². The molecule has 2 aromatic heterocycles. The van der Waals surface area contributed by atoms with Crippen LogP contribution in [0.1, 0.15) is 11.1 Å². The topological polar surface area (TPSA) is 43.8 Å². The summed E-state index contributed by atoms with van der Waals surface area (Å²) in [5.41, 5.74) is 9.07. The molecule has 2 N–H and O–H groups in total. The zero-order valence-electron chi connectivity index (χ0n) is 11.0. The smallest absolute Gasteiger partial charge is 0.104 e. The Hall–Kier alpha value is -2.20. The van der Waals surface area contributed by atoms with Crippen LogP contribution in [0.25, 0.3) is 10.9 Å². The van der Waals surface area contributed by atoms with Gasteiger partial charge in [0.05, 0.1) is 0 Å². The minimum atomic E-state index is 0.439. The van der Waals surface area contributed by atoms with Gasteiger partial charge in [0.1, 0.15) is 4.99 Å². The number of benzene rings is 1. The van der Waals surface area contributed by atoms with Crippen molar-refractivity contribution in [3.63, 3.8) is 0 Å². The van der Waals surface area contributed by atoms with Gasteiger partial charge in [-0.25, -0.2) is 0 Å². The average Bonchev–Trinajstić information content (AvgIpc) is 2.88. The lowest BCUT2D eigenvalue weighted by molar-refractivity contribution is 0.722. The van der Waals surface area contributed by atoms with E-state index in [9.17, 15) is 0 Å². The van der Waals surface area contributed by atoms with Gasteiger partial charge in [0.15, 0.2) is 0 Å². The Balaban J connectivity index is 1.88. The van der Waals surface area contributed by atoms with Crippen molar-refractivity contribution in [2.24, 2.45) is 5.73 Å². The lowest BCUT2D eigenvalue weighted by atomic mass is 10.1. The molecule has 0 fully saturated rings. The fraction of sp³-hybridized carbons (Fsp3) is 0.125. The van der Waals surface area contributed by atoms with Crippen molar-refractivity contribution in [3.8, 4) is 0 Å². The molecule has 3 aromatic rings. The zero-order chi connectivity index (χ0) is 13.9. The van der Waals surface area contributed by atoms with E-state index in [0.29, 0.717) is 4.99 Å². The van der Waals surface area contributed by atoms with Gasteiger partial charge in [0, 0.05) is 36.2 Å². The monoisotopic (exact) mass is 281 g/mol. The second-order valence-electron chi connectivity index (χ2n) is 4.75. The summed E-state index contributed by atoms with van der Waals surface area (Å²) in [7, 11) is 0. The van der Waals surface area contributed by atoms with Gasteiger partial charge in [-0.1, -0.05) is 24.4 Å². The van der Waals surface area contributed by atoms with Crippen LogP contribution >= 0.6 is 12.2 Å². The molecular weight excluding hydrogens is 266 g/mol. The molecule has 0 saturated heterocycles. The first-order chi connectivity index (χ1) is 9.74. The molecule has 0 unspecified atom stereocenters. The summed E-state index contributed by atoms with van der Waals surface area (Å²) in [5.74, 6) is 0. The Kier molecular flexibility index (Phi) is 3.48. The zero-order valence-corrected chi connectivity index (χ0v) is 11.8. The molecule has 0 aliphatic carbocycles. The van der Waals surface area contributed by atoms with Crippen LogP contribution in [0, 0.1) is 0 Å². The van der Waals surface area contributed by atoms with E-state index in [2.05, 4.69) is 33.9 Å². The molecule has 0 spiro atoms. The third-order valence-electron chi connectivity index (χ3n) is 3.45. The standard InChI is InChI=1S/C16H15N3S/c17-16(20)14-2-1-13-6-10-19(15(13)11-14)9-5-12-3-7-18-8-4-12/h1-4,6-8,10-11H,5,9H2,(H2,17,20). The number of nitrogens with two attached hydrogens (primary N) is 1. The van der Waals surface area contributed by atoms with Gasteiger partial charge in [0.2, 0.25) is 0 Å². The molecule has 3 nitrogen and oxygen atoms in total. The van der Waals surface area contributed by atoms with Gasteiger partial charge in [-0.05, 0) is 41.6 Å². The first-order valence-corrected chi connectivity index (χ1v) is 6.92. The van der Waals surface area contributed by atoms with Crippen molar-refractivity contribution in [3.05, 3.63) is 66.1 Å². The van der Waals surface area contributed by atoms with E-state index in [4.69, 9.17) is 18.0 Å². The molecule has 0 saturated carbocycles. The summed E-state index contributed by atoms with van der Waals surface area (Å²) in [4.78, 5) is 4.47. The molecule has 4 heteroatoms. The van der Waals surface area contributed by atoms with Gasteiger partial charge < -0.3 is 10.3 Å². The largest absolute Gasteiger partial charge is 0.389 e. The Morgan fingerprint density at radius 1 is 1.15 bits per heavy atom. The van der Waals surface area contributed by atoms with E-state index in [0.717, 1.165) is 18.5 Å². The lowest BCUT2D eigenvalue weighted by Crippen LogP contribution is -2.09. The van der Waals surface area contributed by atoms with Crippen LogP contribution in [-0.4, -0.2) is 14.5 Å². The van der Waals surface area contributed by atoms with E-state index in [1.165, 1.54) is 16.5 Å². The predicted octanol–water partition coefficient (Wildman–Crippen LogP) is 2.91. The first kappa shape index (κ1) is 12.8. The molecule has 1 aromatic carbocycles. The molecule has 0 bridgehead atoms. The number of rotatable bonds is 4. The van der Waals surface area contributed by atoms with Gasteiger partial charge in [-0.2, -0.15) is 0 Å². The summed E-state index contributed by atoms with van der Waals surface area (Å²) < 4.78 is 2.23. The first-order valence-electron chi connectivity index (χ1n) is 6.51. The fourth-order valence-corrected chi connectivity index (χ4v) is 2.46. The Morgan fingerprint density at radius 2 is 1.95 bits per heavy atom. The molecule has 100 valence electrons. The third-order valence-corrected chi connectivity index (χ3v) is 3.68. The summed E-state index contributed by atoms with van der Waals surface area (Å²) in [6.45, 7) is 0.925. The minimum Gasteiger partial charge on any atom is -0.389 e. The number of thiocarbonyl (C=S) groups is 1. The van der Waals surface area contributed by atoms with E-state index >= 15 is 0 Å². The van der Waals surface area contributed by atoms with E-state index in [1.807, 2.05) is 30.6 Å². The van der Waals surface area contributed by atoms with Crippen LogP contribution in [-0.2, 0) is 13.0 Å². The maximum absolute atomic E-state index is 5.70. The minimum absolute atomic E-state index is 0.439. The van der Waals surface area contributed by atoms with Crippen molar-refractivity contribution >= 4 is 28.1 Å². The Bertz CT molecular complexity index is 747.